The van der Waals surface area contributed by atoms with Crippen molar-refractivity contribution in [2.75, 3.05) is 0 Å². The summed E-state index contributed by atoms with van der Waals surface area (Å²) in [5, 5.41) is 0. The highest BCUT2D eigenvalue weighted by Gasteiger charge is 1.96. The molecule has 0 aliphatic carbocycles. The molecule has 10 heavy (non-hydrogen) atoms. The van der Waals surface area contributed by atoms with Crippen molar-refractivity contribution in [1.29, 1.82) is 0 Å². The fraction of sp³-hybridized carbons (Fsp3) is 0.111. The maximum absolute atomic E-state index is 5.18. The van der Waals surface area contributed by atoms with Crippen LogP contribution in [0.3, 0.4) is 0 Å². The van der Waals surface area contributed by atoms with Gasteiger partial charge in [-0.1, -0.05) is 11.8 Å². The maximum atomic E-state index is 5.18. The topological polar surface area (TPSA) is 4.93 Å². The number of rotatable bonds is 0. The molecule has 0 N–H and O–H groups in total. The minimum atomic E-state index is 0.813. The second kappa shape index (κ2) is 2.33. The number of terminal acetylenes is 2. The highest BCUT2D eigenvalue weighted by molar-refractivity contribution is 5.36. The Morgan fingerprint density at radius 1 is 1.20 bits per heavy atom. The van der Waals surface area contributed by atoms with E-state index >= 15 is 0 Å². The Kier molecular flexibility index (Phi) is 1.52. The quantitative estimate of drug-likeness (QED) is 0.460. The van der Waals surface area contributed by atoms with Crippen molar-refractivity contribution in [3.63, 3.8) is 0 Å². The van der Waals surface area contributed by atoms with Crippen molar-refractivity contribution in [2.24, 2.45) is 7.05 Å². The van der Waals surface area contributed by atoms with Crippen LogP contribution in [0.15, 0.2) is 12.1 Å². The van der Waals surface area contributed by atoms with Gasteiger partial charge in [-0.2, -0.15) is 0 Å². The van der Waals surface area contributed by atoms with E-state index in [9.17, 15) is 0 Å². The molecule has 0 radical (unpaired) electrons. The first-order chi connectivity index (χ1) is 4.79. The average Bonchev–Trinajstić information content (AvgIpc) is 2.30. The van der Waals surface area contributed by atoms with Gasteiger partial charge in [-0.3, -0.25) is 0 Å². The lowest BCUT2D eigenvalue weighted by molar-refractivity contribution is 0.897. The van der Waals surface area contributed by atoms with Crippen LogP contribution in [0.1, 0.15) is 11.4 Å². The zero-order valence-electron chi connectivity index (χ0n) is 5.76. The third kappa shape index (κ3) is 0.787. The Hall–Kier alpha value is -1.60. The summed E-state index contributed by atoms with van der Waals surface area (Å²) >= 11 is 0. The van der Waals surface area contributed by atoms with Crippen LogP contribution >= 0.6 is 0 Å². The Morgan fingerprint density at radius 3 is 1.80 bits per heavy atom. The van der Waals surface area contributed by atoms with Gasteiger partial charge in [-0.05, 0) is 12.1 Å². The van der Waals surface area contributed by atoms with Crippen LogP contribution in [0.2, 0.25) is 0 Å². The van der Waals surface area contributed by atoms with Crippen molar-refractivity contribution in [1.82, 2.24) is 4.57 Å². The largest absolute Gasteiger partial charge is 0.331 e. The van der Waals surface area contributed by atoms with Crippen molar-refractivity contribution in [3.8, 4) is 24.7 Å². The summed E-state index contributed by atoms with van der Waals surface area (Å²) in [6, 6.07) is 3.66. The molecule has 0 aliphatic rings. The molecular weight excluding hydrogens is 122 g/mol. The third-order valence-corrected chi connectivity index (χ3v) is 1.42. The molecule has 48 valence electrons. The highest BCUT2D eigenvalue weighted by Crippen LogP contribution is 2.03. The van der Waals surface area contributed by atoms with Gasteiger partial charge in [0.05, 0.1) is 11.4 Å². The Labute approximate surface area is 60.7 Å². The second-order valence-corrected chi connectivity index (χ2v) is 1.95. The van der Waals surface area contributed by atoms with Crippen molar-refractivity contribution < 1.29 is 0 Å². The molecule has 0 spiro atoms. The van der Waals surface area contributed by atoms with E-state index < -0.39 is 0 Å². The highest BCUT2D eigenvalue weighted by atomic mass is 14.9. The van der Waals surface area contributed by atoms with Gasteiger partial charge < -0.3 is 4.57 Å². The van der Waals surface area contributed by atoms with Crippen LogP contribution in [-0.2, 0) is 7.05 Å². The zero-order valence-corrected chi connectivity index (χ0v) is 5.76. The molecule has 1 aromatic rings. The SMILES string of the molecule is C#Cc1ccc(C#C)n1C. The van der Waals surface area contributed by atoms with E-state index in [4.69, 9.17) is 12.8 Å². The molecule has 1 nitrogen and oxygen atoms in total. The van der Waals surface area contributed by atoms with Crippen LogP contribution in [0.5, 0.6) is 0 Å². The molecule has 1 aromatic heterocycles. The van der Waals surface area contributed by atoms with Crippen LogP contribution in [0.25, 0.3) is 0 Å². The minimum absolute atomic E-state index is 0.813. The fourth-order valence-corrected chi connectivity index (χ4v) is 0.801. The van der Waals surface area contributed by atoms with Crippen molar-refractivity contribution >= 4 is 0 Å². The summed E-state index contributed by atoms with van der Waals surface area (Å²) in [6.07, 6.45) is 10.4. The van der Waals surface area contributed by atoms with Gasteiger partial charge >= 0.3 is 0 Å². The lowest BCUT2D eigenvalue weighted by Crippen LogP contribution is -1.93. The molecule has 0 bridgehead atoms. The van der Waals surface area contributed by atoms with Gasteiger partial charge in [0.25, 0.3) is 0 Å². The van der Waals surface area contributed by atoms with Crippen molar-refractivity contribution in [2.45, 2.75) is 0 Å². The Bertz CT molecular complexity index is 286. The van der Waals surface area contributed by atoms with E-state index in [-0.39, 0.29) is 0 Å². The Morgan fingerprint density at radius 2 is 1.60 bits per heavy atom. The summed E-state index contributed by atoms with van der Waals surface area (Å²) in [5.41, 5.74) is 1.63. The normalized spacial score (nSPS) is 8.30. The van der Waals surface area contributed by atoms with Crippen LogP contribution in [-0.4, -0.2) is 4.57 Å². The first kappa shape index (κ1) is 6.52. The molecule has 0 saturated carbocycles. The second-order valence-electron chi connectivity index (χ2n) is 1.95. The standard InChI is InChI=1S/C9H7N/c1-4-8-6-7-9(5-2)10(8)3/h1-2,6-7H,3H3. The average molecular weight is 129 g/mol. The molecule has 1 rings (SSSR count). The maximum Gasteiger partial charge on any atom is 0.0924 e. The molecule has 1 heteroatoms. The van der Waals surface area contributed by atoms with Gasteiger partial charge in [-0.25, -0.2) is 0 Å². The van der Waals surface area contributed by atoms with E-state index in [1.54, 1.807) is 4.57 Å². The summed E-state index contributed by atoms with van der Waals surface area (Å²) < 4.78 is 1.81. The zero-order chi connectivity index (χ0) is 7.56. The third-order valence-electron chi connectivity index (χ3n) is 1.42. The molecule has 0 unspecified atom stereocenters. The van der Waals surface area contributed by atoms with Crippen molar-refractivity contribution in [3.05, 3.63) is 23.5 Å². The number of aromatic nitrogens is 1. The predicted octanol–water partition coefficient (Wildman–Crippen LogP) is 0.988. The Balaban J connectivity index is 3.28. The van der Waals surface area contributed by atoms with Gasteiger partial charge in [0.15, 0.2) is 0 Å². The van der Waals surface area contributed by atoms with E-state index in [0.717, 1.165) is 11.4 Å². The molecule has 0 atom stereocenters. The molecular formula is C9H7N. The van der Waals surface area contributed by atoms with Gasteiger partial charge in [-0.15, -0.1) is 12.8 Å². The van der Waals surface area contributed by atoms with Gasteiger partial charge in [0.1, 0.15) is 0 Å². The summed E-state index contributed by atoms with van der Waals surface area (Å²) in [7, 11) is 1.85. The molecule has 0 fully saturated rings. The molecule has 0 aromatic carbocycles. The van der Waals surface area contributed by atoms with E-state index in [1.807, 2.05) is 19.2 Å². The lowest BCUT2D eigenvalue weighted by Gasteiger charge is -1.94. The monoisotopic (exact) mass is 129 g/mol. The fourth-order valence-electron chi connectivity index (χ4n) is 0.801. The first-order valence-electron chi connectivity index (χ1n) is 2.88. The molecule has 0 aliphatic heterocycles. The molecule has 0 saturated heterocycles. The first-order valence-corrected chi connectivity index (χ1v) is 2.88. The minimum Gasteiger partial charge on any atom is -0.331 e. The van der Waals surface area contributed by atoms with Gasteiger partial charge in [0.2, 0.25) is 0 Å². The van der Waals surface area contributed by atoms with E-state index in [0.29, 0.717) is 0 Å². The van der Waals surface area contributed by atoms with E-state index in [2.05, 4.69) is 11.8 Å². The van der Waals surface area contributed by atoms with Gasteiger partial charge in [0, 0.05) is 7.05 Å². The van der Waals surface area contributed by atoms with Crippen LogP contribution < -0.4 is 0 Å². The number of hydrogen-bond donors (Lipinski definition) is 0. The summed E-state index contributed by atoms with van der Waals surface area (Å²) in [6.45, 7) is 0. The summed E-state index contributed by atoms with van der Waals surface area (Å²) in [5.74, 6) is 5.03. The summed E-state index contributed by atoms with van der Waals surface area (Å²) in [4.78, 5) is 0. The molecule has 1 heterocycles. The van der Waals surface area contributed by atoms with Crippen LogP contribution in [0, 0.1) is 24.7 Å². The number of nitrogens with zero attached hydrogens (tertiary/aromatic N) is 1. The lowest BCUT2D eigenvalue weighted by atomic mass is 10.4. The van der Waals surface area contributed by atoms with E-state index in [1.165, 1.54) is 0 Å². The number of hydrogen-bond acceptors (Lipinski definition) is 0. The molecule has 0 amide bonds. The van der Waals surface area contributed by atoms with Crippen LogP contribution in [0.4, 0.5) is 0 Å². The smallest absolute Gasteiger partial charge is 0.0924 e. The predicted molar refractivity (Wildman–Crippen MR) is 41.3 cm³/mol.